The number of fused-ring (bicyclic) bond motifs is 1. The van der Waals surface area contributed by atoms with Crippen molar-refractivity contribution in [2.75, 3.05) is 18.9 Å². The molecular weight excluding hydrogens is 440 g/mol. The predicted octanol–water partition coefficient (Wildman–Crippen LogP) is 3.63. The molecule has 0 spiro atoms. The molecule has 0 saturated carbocycles. The van der Waals surface area contributed by atoms with Gasteiger partial charge in [0.15, 0.2) is 22.4 Å². The fourth-order valence-electron chi connectivity index (χ4n) is 3.46. The average molecular weight is 463 g/mol. The van der Waals surface area contributed by atoms with E-state index in [1.54, 1.807) is 6.26 Å². The van der Waals surface area contributed by atoms with Gasteiger partial charge in [0, 0.05) is 0 Å². The van der Waals surface area contributed by atoms with E-state index in [2.05, 4.69) is 15.5 Å². The molecule has 0 radical (unpaired) electrons. The maximum atomic E-state index is 12.5. The number of benzene rings is 2. The first-order valence-corrected chi connectivity index (χ1v) is 11.5. The molecule has 1 N–H and O–H groups in total. The van der Waals surface area contributed by atoms with Gasteiger partial charge in [0.05, 0.1) is 25.1 Å². The number of hydrogen-bond donors (Lipinski definition) is 1. The molecule has 2 aromatic carbocycles. The number of furan rings is 1. The van der Waals surface area contributed by atoms with Crippen LogP contribution >= 0.6 is 11.8 Å². The van der Waals surface area contributed by atoms with Crippen LogP contribution in [-0.4, -0.2) is 45.7 Å². The second-order valence-corrected chi connectivity index (χ2v) is 8.39. The maximum absolute atomic E-state index is 12.5. The third-order valence-corrected chi connectivity index (χ3v) is 6.04. The van der Waals surface area contributed by atoms with Crippen molar-refractivity contribution in [2.24, 2.45) is 0 Å². The molecule has 1 amide bonds. The Morgan fingerprint density at radius 2 is 1.85 bits per heavy atom. The quantitative estimate of drug-likeness (QED) is 0.400. The minimum absolute atomic E-state index is 0.115. The molecule has 2 aromatic heterocycles. The van der Waals surface area contributed by atoms with Crippen molar-refractivity contribution < 1.29 is 18.7 Å². The molecule has 4 aromatic rings. The molecule has 0 saturated heterocycles. The Bertz CT molecular complexity index is 1210. The van der Waals surface area contributed by atoms with Gasteiger partial charge in [-0.1, -0.05) is 54.2 Å². The summed E-state index contributed by atoms with van der Waals surface area (Å²) in [4.78, 5) is 12.5. The summed E-state index contributed by atoms with van der Waals surface area (Å²) in [7, 11) is 0. The topological polar surface area (TPSA) is 91.4 Å². The zero-order valence-electron chi connectivity index (χ0n) is 17.7. The molecule has 1 aliphatic heterocycles. The van der Waals surface area contributed by atoms with Gasteiger partial charge in [-0.15, -0.1) is 10.2 Å². The SMILES string of the molecule is O=C(CSc1nnc(-c2ccco2)n1Cc1ccccc1)NC[C@H]1COc2ccccc2O1. The second kappa shape index (κ2) is 9.83. The Balaban J connectivity index is 1.21. The third-order valence-electron chi connectivity index (χ3n) is 5.07. The van der Waals surface area contributed by atoms with E-state index in [1.807, 2.05) is 71.3 Å². The van der Waals surface area contributed by atoms with E-state index in [0.29, 0.717) is 42.2 Å². The highest BCUT2D eigenvalue weighted by Crippen LogP contribution is 2.30. The van der Waals surface area contributed by atoms with Crippen molar-refractivity contribution >= 4 is 17.7 Å². The molecule has 168 valence electrons. The van der Waals surface area contributed by atoms with Crippen LogP contribution in [0.2, 0.25) is 0 Å². The van der Waals surface area contributed by atoms with Crippen LogP contribution in [0.5, 0.6) is 11.5 Å². The first-order valence-electron chi connectivity index (χ1n) is 10.6. The van der Waals surface area contributed by atoms with Crippen LogP contribution in [0, 0.1) is 0 Å². The summed E-state index contributed by atoms with van der Waals surface area (Å²) >= 11 is 1.33. The van der Waals surface area contributed by atoms with Gasteiger partial charge in [-0.3, -0.25) is 9.36 Å². The van der Waals surface area contributed by atoms with E-state index in [4.69, 9.17) is 13.9 Å². The summed E-state index contributed by atoms with van der Waals surface area (Å²) in [6.07, 6.45) is 1.37. The number of nitrogens with one attached hydrogen (secondary N) is 1. The summed E-state index contributed by atoms with van der Waals surface area (Å²) < 4.78 is 19.1. The van der Waals surface area contributed by atoms with Crippen molar-refractivity contribution in [3.63, 3.8) is 0 Å². The molecular formula is C24H22N4O4S. The van der Waals surface area contributed by atoms with Gasteiger partial charge in [0.1, 0.15) is 12.7 Å². The Morgan fingerprint density at radius 1 is 1.03 bits per heavy atom. The number of carbonyl (C=O) groups is 1. The van der Waals surface area contributed by atoms with Crippen molar-refractivity contribution in [3.05, 3.63) is 78.6 Å². The average Bonchev–Trinajstić information content (AvgIpc) is 3.52. The highest BCUT2D eigenvalue weighted by Gasteiger charge is 2.22. The summed E-state index contributed by atoms with van der Waals surface area (Å²) in [5.41, 5.74) is 1.10. The van der Waals surface area contributed by atoms with E-state index in [9.17, 15) is 4.79 Å². The molecule has 0 unspecified atom stereocenters. The molecule has 0 bridgehead atoms. The number of amides is 1. The van der Waals surface area contributed by atoms with Crippen LogP contribution in [-0.2, 0) is 11.3 Å². The zero-order valence-corrected chi connectivity index (χ0v) is 18.5. The number of thioether (sulfide) groups is 1. The monoisotopic (exact) mass is 462 g/mol. The molecule has 5 rings (SSSR count). The smallest absolute Gasteiger partial charge is 0.230 e. The van der Waals surface area contributed by atoms with Crippen LogP contribution < -0.4 is 14.8 Å². The van der Waals surface area contributed by atoms with Gasteiger partial charge in [-0.25, -0.2) is 0 Å². The van der Waals surface area contributed by atoms with Gasteiger partial charge in [0.2, 0.25) is 11.7 Å². The maximum Gasteiger partial charge on any atom is 0.230 e. The Morgan fingerprint density at radius 3 is 2.67 bits per heavy atom. The van der Waals surface area contributed by atoms with E-state index in [0.717, 1.165) is 11.3 Å². The molecule has 3 heterocycles. The van der Waals surface area contributed by atoms with Gasteiger partial charge >= 0.3 is 0 Å². The lowest BCUT2D eigenvalue weighted by Crippen LogP contribution is -2.41. The van der Waals surface area contributed by atoms with E-state index < -0.39 is 0 Å². The highest BCUT2D eigenvalue weighted by molar-refractivity contribution is 7.99. The molecule has 33 heavy (non-hydrogen) atoms. The molecule has 1 atom stereocenters. The van der Waals surface area contributed by atoms with Gasteiger partial charge in [-0.2, -0.15) is 0 Å². The van der Waals surface area contributed by atoms with Crippen LogP contribution in [0.3, 0.4) is 0 Å². The molecule has 0 aliphatic carbocycles. The first kappa shape index (κ1) is 21.1. The number of aromatic nitrogens is 3. The van der Waals surface area contributed by atoms with Crippen molar-refractivity contribution in [2.45, 2.75) is 17.8 Å². The fourth-order valence-corrected chi connectivity index (χ4v) is 4.23. The lowest BCUT2D eigenvalue weighted by molar-refractivity contribution is -0.119. The van der Waals surface area contributed by atoms with Gasteiger partial charge < -0.3 is 19.2 Å². The largest absolute Gasteiger partial charge is 0.486 e. The second-order valence-electron chi connectivity index (χ2n) is 7.45. The fraction of sp³-hybridized carbons (Fsp3) is 0.208. The van der Waals surface area contributed by atoms with E-state index >= 15 is 0 Å². The van der Waals surface area contributed by atoms with Crippen LogP contribution in [0.4, 0.5) is 0 Å². The van der Waals surface area contributed by atoms with Crippen molar-refractivity contribution in [3.8, 4) is 23.1 Å². The predicted molar refractivity (Wildman–Crippen MR) is 123 cm³/mol. The third kappa shape index (κ3) is 5.04. The summed E-state index contributed by atoms with van der Waals surface area (Å²) in [5.74, 6) is 2.76. The lowest BCUT2D eigenvalue weighted by Gasteiger charge is -2.26. The molecule has 0 fully saturated rings. The van der Waals surface area contributed by atoms with Gasteiger partial charge in [-0.05, 0) is 29.8 Å². The van der Waals surface area contributed by atoms with Gasteiger partial charge in [0.25, 0.3) is 0 Å². The summed E-state index contributed by atoms with van der Waals surface area (Å²) in [6, 6.07) is 21.2. The molecule has 8 nitrogen and oxygen atoms in total. The first-order chi connectivity index (χ1) is 16.3. The number of carbonyl (C=O) groups excluding carboxylic acids is 1. The minimum Gasteiger partial charge on any atom is -0.486 e. The minimum atomic E-state index is -0.235. The standard InChI is InChI=1S/C24H22N4O4S/c29-22(25-13-18-15-31-19-9-4-5-10-20(19)32-18)16-33-24-27-26-23(21-11-6-12-30-21)28(24)14-17-7-2-1-3-8-17/h1-12,18H,13-16H2,(H,25,29)/t18-/m0/s1. The number of hydrogen-bond acceptors (Lipinski definition) is 7. The number of para-hydroxylation sites is 2. The number of ether oxygens (including phenoxy) is 2. The van der Waals surface area contributed by atoms with Crippen LogP contribution in [0.25, 0.3) is 11.6 Å². The van der Waals surface area contributed by atoms with E-state index in [1.165, 1.54) is 11.8 Å². The summed E-state index contributed by atoms with van der Waals surface area (Å²) in [5, 5.41) is 12.2. The number of nitrogens with zero attached hydrogens (tertiary/aromatic N) is 3. The summed E-state index contributed by atoms with van der Waals surface area (Å²) in [6.45, 7) is 1.32. The van der Waals surface area contributed by atoms with E-state index in [-0.39, 0.29) is 17.8 Å². The molecule has 9 heteroatoms. The van der Waals surface area contributed by atoms with Crippen LogP contribution in [0.15, 0.2) is 82.6 Å². The van der Waals surface area contributed by atoms with Crippen molar-refractivity contribution in [1.29, 1.82) is 0 Å². The molecule has 1 aliphatic rings. The van der Waals surface area contributed by atoms with Crippen molar-refractivity contribution in [1.82, 2.24) is 20.1 Å². The lowest BCUT2D eigenvalue weighted by atomic mass is 10.2. The number of rotatable bonds is 8. The normalized spacial score (nSPS) is 14.7. The Hall–Kier alpha value is -3.72. The van der Waals surface area contributed by atoms with Crippen LogP contribution in [0.1, 0.15) is 5.56 Å². The zero-order chi connectivity index (χ0) is 22.5. The Labute approximate surface area is 194 Å². The Kier molecular flexibility index (Phi) is 6.30. The highest BCUT2D eigenvalue weighted by atomic mass is 32.2.